The number of aliphatic hydroxyl groups is 1. The Hall–Kier alpha value is -0.610. The third kappa shape index (κ3) is 14.1. The highest BCUT2D eigenvalue weighted by Gasteiger charge is 2.09. The summed E-state index contributed by atoms with van der Waals surface area (Å²) in [6, 6.07) is 0. The summed E-state index contributed by atoms with van der Waals surface area (Å²) in [7, 11) is 0. The maximum absolute atomic E-state index is 11.7. The predicted molar refractivity (Wildman–Crippen MR) is 87.4 cm³/mol. The van der Waals surface area contributed by atoms with E-state index in [2.05, 4.69) is 19.2 Å². The number of aliphatic hydroxyl groups excluding tert-OH is 1. The zero-order chi connectivity index (χ0) is 15.8. The molecule has 0 radical (unpaired) electrons. The van der Waals surface area contributed by atoms with E-state index in [1.165, 1.54) is 32.1 Å². The van der Waals surface area contributed by atoms with Crippen LogP contribution in [-0.4, -0.2) is 36.9 Å². The summed E-state index contributed by atoms with van der Waals surface area (Å²) in [5.41, 5.74) is 0. The Labute approximate surface area is 130 Å². The van der Waals surface area contributed by atoms with Gasteiger partial charge in [-0.1, -0.05) is 58.8 Å². The van der Waals surface area contributed by atoms with E-state index in [0.717, 1.165) is 25.7 Å². The van der Waals surface area contributed by atoms with Crippen molar-refractivity contribution in [2.45, 2.75) is 84.2 Å². The van der Waals surface area contributed by atoms with Crippen LogP contribution in [-0.2, 0) is 9.53 Å². The molecule has 0 aromatic carbocycles. The highest BCUT2D eigenvalue weighted by Crippen LogP contribution is 2.08. The minimum absolute atomic E-state index is 0.0403. The van der Waals surface area contributed by atoms with Gasteiger partial charge >= 0.3 is 0 Å². The summed E-state index contributed by atoms with van der Waals surface area (Å²) < 4.78 is 5.50. The van der Waals surface area contributed by atoms with Gasteiger partial charge < -0.3 is 15.2 Å². The van der Waals surface area contributed by atoms with Crippen molar-refractivity contribution >= 4 is 5.91 Å². The summed E-state index contributed by atoms with van der Waals surface area (Å²) >= 11 is 0. The molecule has 1 atom stereocenters. The van der Waals surface area contributed by atoms with Crippen molar-refractivity contribution in [2.75, 3.05) is 19.8 Å². The first-order valence-electron chi connectivity index (χ1n) is 8.73. The molecule has 0 heterocycles. The van der Waals surface area contributed by atoms with Crippen molar-refractivity contribution in [3.8, 4) is 0 Å². The van der Waals surface area contributed by atoms with Crippen molar-refractivity contribution in [3.63, 3.8) is 0 Å². The Morgan fingerprint density at radius 1 is 1.00 bits per heavy atom. The second-order valence-corrected chi connectivity index (χ2v) is 5.70. The summed E-state index contributed by atoms with van der Waals surface area (Å²) in [6.45, 7) is 5.34. The zero-order valence-electron chi connectivity index (χ0n) is 14.0. The first kappa shape index (κ1) is 20.4. The minimum Gasteiger partial charge on any atom is -0.394 e. The molecular formula is C17H35NO3. The Morgan fingerprint density at radius 2 is 1.62 bits per heavy atom. The minimum atomic E-state index is -0.269. The number of carbonyl (C=O) groups is 1. The lowest BCUT2D eigenvalue weighted by Crippen LogP contribution is -2.35. The van der Waals surface area contributed by atoms with Crippen LogP contribution in [0.15, 0.2) is 0 Å². The molecule has 0 aliphatic rings. The Bertz CT molecular complexity index is 234. The van der Waals surface area contributed by atoms with Gasteiger partial charge in [-0.15, -0.1) is 0 Å². The van der Waals surface area contributed by atoms with E-state index in [0.29, 0.717) is 19.6 Å². The van der Waals surface area contributed by atoms with Crippen molar-refractivity contribution in [1.82, 2.24) is 5.32 Å². The first-order valence-corrected chi connectivity index (χ1v) is 8.73. The fourth-order valence-electron chi connectivity index (χ4n) is 2.13. The number of rotatable bonds is 15. The van der Waals surface area contributed by atoms with Gasteiger partial charge in [0.15, 0.2) is 0 Å². The molecule has 0 aliphatic heterocycles. The van der Waals surface area contributed by atoms with Crippen LogP contribution < -0.4 is 5.32 Å². The molecule has 0 aromatic heterocycles. The molecular weight excluding hydrogens is 266 g/mol. The molecule has 0 fully saturated rings. The lowest BCUT2D eigenvalue weighted by atomic mass is 10.1. The topological polar surface area (TPSA) is 58.6 Å². The van der Waals surface area contributed by atoms with Crippen LogP contribution in [0.5, 0.6) is 0 Å². The SMILES string of the molecule is CCCCCCCCCC(=O)NC[C@H](CO)OCCCC. The quantitative estimate of drug-likeness (QED) is 0.456. The van der Waals surface area contributed by atoms with E-state index in [9.17, 15) is 9.90 Å². The van der Waals surface area contributed by atoms with Crippen molar-refractivity contribution in [3.05, 3.63) is 0 Å². The highest BCUT2D eigenvalue weighted by atomic mass is 16.5. The fraction of sp³-hybridized carbons (Fsp3) is 0.941. The standard InChI is InChI=1S/C17H35NO3/c1-3-5-7-8-9-10-11-12-17(20)18-14-16(15-19)21-13-6-4-2/h16,19H,3-15H2,1-2H3,(H,18,20)/t16-/m1/s1. The van der Waals surface area contributed by atoms with Gasteiger partial charge in [-0.25, -0.2) is 0 Å². The van der Waals surface area contributed by atoms with Crippen LogP contribution in [0.4, 0.5) is 0 Å². The second-order valence-electron chi connectivity index (χ2n) is 5.70. The molecule has 0 aromatic rings. The Kier molecular flexibility index (Phi) is 15.3. The molecule has 0 saturated carbocycles. The van der Waals surface area contributed by atoms with E-state index in [-0.39, 0.29) is 18.6 Å². The molecule has 0 bridgehead atoms. The van der Waals surface area contributed by atoms with Gasteiger partial charge in [-0.05, 0) is 12.8 Å². The van der Waals surface area contributed by atoms with Crippen molar-refractivity contribution < 1.29 is 14.6 Å². The van der Waals surface area contributed by atoms with Gasteiger partial charge in [0, 0.05) is 19.6 Å². The molecule has 0 aliphatic carbocycles. The number of nitrogens with one attached hydrogen (secondary N) is 1. The monoisotopic (exact) mass is 301 g/mol. The summed E-state index contributed by atoms with van der Waals surface area (Å²) in [5, 5.41) is 12.0. The normalized spacial score (nSPS) is 12.3. The number of carbonyl (C=O) groups excluding carboxylic acids is 1. The smallest absolute Gasteiger partial charge is 0.220 e. The van der Waals surface area contributed by atoms with Gasteiger partial charge in [0.05, 0.1) is 12.7 Å². The lowest BCUT2D eigenvalue weighted by molar-refractivity contribution is -0.122. The number of hydrogen-bond donors (Lipinski definition) is 2. The van der Waals surface area contributed by atoms with E-state index >= 15 is 0 Å². The van der Waals surface area contributed by atoms with Gasteiger partial charge in [0.25, 0.3) is 0 Å². The maximum atomic E-state index is 11.7. The molecule has 0 unspecified atom stereocenters. The third-order valence-electron chi connectivity index (χ3n) is 3.59. The first-order chi connectivity index (χ1) is 10.2. The second kappa shape index (κ2) is 15.8. The van der Waals surface area contributed by atoms with Crippen molar-refractivity contribution in [2.24, 2.45) is 0 Å². The Morgan fingerprint density at radius 3 is 2.24 bits per heavy atom. The summed E-state index contributed by atoms with van der Waals surface area (Å²) in [5.74, 6) is 0.0705. The van der Waals surface area contributed by atoms with Crippen LogP contribution in [0.25, 0.3) is 0 Å². The van der Waals surface area contributed by atoms with Crippen LogP contribution in [0.1, 0.15) is 78.1 Å². The van der Waals surface area contributed by atoms with Gasteiger partial charge in [0.1, 0.15) is 0 Å². The molecule has 1 amide bonds. The molecule has 4 heteroatoms. The van der Waals surface area contributed by atoms with Crippen LogP contribution in [0.2, 0.25) is 0 Å². The number of unbranched alkanes of at least 4 members (excludes halogenated alkanes) is 7. The highest BCUT2D eigenvalue weighted by molar-refractivity contribution is 5.75. The van der Waals surface area contributed by atoms with Crippen molar-refractivity contribution in [1.29, 1.82) is 0 Å². The largest absolute Gasteiger partial charge is 0.394 e. The summed E-state index contributed by atoms with van der Waals surface area (Å²) in [4.78, 5) is 11.7. The number of ether oxygens (including phenoxy) is 1. The van der Waals surface area contributed by atoms with Gasteiger partial charge in [-0.3, -0.25) is 4.79 Å². The Balaban J connectivity index is 3.46. The molecule has 0 saturated heterocycles. The summed E-state index contributed by atoms with van der Waals surface area (Å²) in [6.07, 6.45) is 10.9. The molecule has 2 N–H and O–H groups in total. The molecule has 126 valence electrons. The van der Waals surface area contributed by atoms with Gasteiger partial charge in [-0.2, -0.15) is 0 Å². The lowest BCUT2D eigenvalue weighted by Gasteiger charge is -2.16. The number of amides is 1. The van der Waals surface area contributed by atoms with E-state index in [4.69, 9.17) is 4.74 Å². The fourth-order valence-corrected chi connectivity index (χ4v) is 2.13. The average Bonchev–Trinajstić information content (AvgIpc) is 2.49. The third-order valence-corrected chi connectivity index (χ3v) is 3.59. The average molecular weight is 301 g/mol. The van der Waals surface area contributed by atoms with Gasteiger partial charge in [0.2, 0.25) is 5.91 Å². The molecule has 0 spiro atoms. The zero-order valence-corrected chi connectivity index (χ0v) is 14.0. The maximum Gasteiger partial charge on any atom is 0.220 e. The molecule has 21 heavy (non-hydrogen) atoms. The predicted octanol–water partition coefficient (Wildman–Crippen LogP) is 3.42. The van der Waals surface area contributed by atoms with Crippen LogP contribution >= 0.6 is 0 Å². The van der Waals surface area contributed by atoms with E-state index in [1.54, 1.807) is 0 Å². The van der Waals surface area contributed by atoms with Crippen LogP contribution in [0, 0.1) is 0 Å². The molecule has 0 rings (SSSR count). The molecule has 4 nitrogen and oxygen atoms in total. The van der Waals surface area contributed by atoms with E-state index in [1.807, 2.05) is 0 Å². The van der Waals surface area contributed by atoms with Crippen LogP contribution in [0.3, 0.4) is 0 Å². The van der Waals surface area contributed by atoms with E-state index < -0.39 is 0 Å². The number of hydrogen-bond acceptors (Lipinski definition) is 3.